The van der Waals surface area contributed by atoms with Crippen LogP contribution in [0, 0.1) is 5.92 Å². The van der Waals surface area contributed by atoms with Gasteiger partial charge in [-0.05, 0) is 18.8 Å². The standard InChI is InChI=1S/C11H17F3N2O3/c1-15(7-11(12,13)14)10(19)16-5-4-8(6-16)2-3-9(17)18/h8H,2-7H2,1H3,(H,17,18). The second kappa shape index (κ2) is 6.12. The molecule has 1 heterocycles. The Balaban J connectivity index is 2.41. The van der Waals surface area contributed by atoms with Crippen LogP contribution >= 0.6 is 0 Å². The molecular weight excluding hydrogens is 265 g/mol. The molecule has 1 aliphatic rings. The van der Waals surface area contributed by atoms with E-state index in [2.05, 4.69) is 0 Å². The Labute approximate surface area is 109 Å². The summed E-state index contributed by atoms with van der Waals surface area (Å²) in [5.41, 5.74) is 0. The third-order valence-corrected chi connectivity index (χ3v) is 3.07. The van der Waals surface area contributed by atoms with Gasteiger partial charge in [-0.3, -0.25) is 4.79 Å². The van der Waals surface area contributed by atoms with Crippen molar-refractivity contribution >= 4 is 12.0 Å². The van der Waals surface area contributed by atoms with Crippen molar-refractivity contribution in [1.29, 1.82) is 0 Å². The van der Waals surface area contributed by atoms with Crippen LogP contribution in [0.5, 0.6) is 0 Å². The number of carbonyl (C=O) groups excluding carboxylic acids is 1. The number of likely N-dealkylation sites (tertiary alicyclic amines) is 1. The molecule has 0 aliphatic carbocycles. The minimum absolute atomic E-state index is 0.0189. The molecule has 0 bridgehead atoms. The number of amides is 2. The van der Waals surface area contributed by atoms with Gasteiger partial charge in [-0.1, -0.05) is 0 Å². The number of hydrogen-bond acceptors (Lipinski definition) is 2. The van der Waals surface area contributed by atoms with E-state index in [1.165, 1.54) is 4.90 Å². The molecule has 1 saturated heterocycles. The zero-order chi connectivity index (χ0) is 14.6. The van der Waals surface area contributed by atoms with Crippen molar-refractivity contribution < 1.29 is 27.9 Å². The first kappa shape index (κ1) is 15.6. The number of rotatable bonds is 4. The van der Waals surface area contributed by atoms with Gasteiger partial charge in [0.15, 0.2) is 0 Å². The van der Waals surface area contributed by atoms with Crippen molar-refractivity contribution in [3.05, 3.63) is 0 Å². The third-order valence-electron chi connectivity index (χ3n) is 3.07. The number of hydrogen-bond donors (Lipinski definition) is 1. The van der Waals surface area contributed by atoms with E-state index in [9.17, 15) is 22.8 Å². The van der Waals surface area contributed by atoms with Crippen molar-refractivity contribution in [3.63, 3.8) is 0 Å². The van der Waals surface area contributed by atoms with Gasteiger partial charge in [-0.2, -0.15) is 13.2 Å². The van der Waals surface area contributed by atoms with E-state index in [4.69, 9.17) is 5.11 Å². The van der Waals surface area contributed by atoms with Crippen LogP contribution in [0.4, 0.5) is 18.0 Å². The van der Waals surface area contributed by atoms with Gasteiger partial charge in [-0.15, -0.1) is 0 Å². The fourth-order valence-electron chi connectivity index (χ4n) is 2.15. The topological polar surface area (TPSA) is 60.9 Å². The molecule has 19 heavy (non-hydrogen) atoms. The van der Waals surface area contributed by atoms with E-state index in [0.29, 0.717) is 30.8 Å². The Hall–Kier alpha value is -1.47. The zero-order valence-electron chi connectivity index (χ0n) is 10.6. The molecule has 1 unspecified atom stereocenters. The fraction of sp³-hybridized carbons (Fsp3) is 0.818. The number of alkyl halides is 3. The number of aliphatic carboxylic acids is 1. The molecule has 110 valence electrons. The normalized spacial score (nSPS) is 19.6. The van der Waals surface area contributed by atoms with Gasteiger partial charge in [0.2, 0.25) is 0 Å². The first-order chi connectivity index (χ1) is 8.69. The zero-order valence-corrected chi connectivity index (χ0v) is 10.6. The van der Waals surface area contributed by atoms with Crippen LogP contribution in [-0.4, -0.2) is 59.8 Å². The molecule has 0 aromatic carbocycles. The van der Waals surface area contributed by atoms with Crippen molar-refractivity contribution in [2.24, 2.45) is 5.92 Å². The summed E-state index contributed by atoms with van der Waals surface area (Å²) in [4.78, 5) is 24.1. The highest BCUT2D eigenvalue weighted by Crippen LogP contribution is 2.23. The number of carboxylic acid groups (broad SMARTS) is 1. The second-order valence-corrected chi connectivity index (χ2v) is 4.79. The van der Waals surface area contributed by atoms with Gasteiger partial charge in [0, 0.05) is 26.6 Å². The van der Waals surface area contributed by atoms with Crippen molar-refractivity contribution in [2.75, 3.05) is 26.7 Å². The molecule has 0 spiro atoms. The summed E-state index contributed by atoms with van der Waals surface area (Å²) >= 11 is 0. The second-order valence-electron chi connectivity index (χ2n) is 4.79. The number of carbonyl (C=O) groups is 2. The predicted octanol–water partition coefficient (Wildman–Crippen LogP) is 1.79. The molecule has 1 aliphatic heterocycles. The molecular formula is C11H17F3N2O3. The lowest BCUT2D eigenvalue weighted by atomic mass is 10.0. The summed E-state index contributed by atoms with van der Waals surface area (Å²) in [7, 11) is 1.11. The highest BCUT2D eigenvalue weighted by Gasteiger charge is 2.34. The van der Waals surface area contributed by atoms with Crippen LogP contribution in [0.2, 0.25) is 0 Å². The van der Waals surface area contributed by atoms with Gasteiger partial charge in [0.05, 0.1) is 0 Å². The maximum atomic E-state index is 12.2. The molecule has 2 amide bonds. The van der Waals surface area contributed by atoms with Crippen LogP contribution in [0.3, 0.4) is 0 Å². The third kappa shape index (κ3) is 5.35. The van der Waals surface area contributed by atoms with Crippen LogP contribution < -0.4 is 0 Å². The average Bonchev–Trinajstić information content (AvgIpc) is 2.71. The molecule has 0 saturated carbocycles. The summed E-state index contributed by atoms with van der Waals surface area (Å²) in [6, 6.07) is -0.657. The lowest BCUT2D eigenvalue weighted by molar-refractivity contribution is -0.139. The van der Waals surface area contributed by atoms with Gasteiger partial charge in [0.1, 0.15) is 6.54 Å². The molecule has 0 aromatic heterocycles. The van der Waals surface area contributed by atoms with Gasteiger partial charge in [0.25, 0.3) is 0 Å². The largest absolute Gasteiger partial charge is 0.481 e. The Bertz CT molecular complexity index is 347. The van der Waals surface area contributed by atoms with Crippen LogP contribution in [0.1, 0.15) is 19.3 Å². The Morgan fingerprint density at radius 2 is 2.05 bits per heavy atom. The van der Waals surface area contributed by atoms with Crippen molar-refractivity contribution in [3.8, 4) is 0 Å². The lowest BCUT2D eigenvalue weighted by Gasteiger charge is -2.25. The van der Waals surface area contributed by atoms with E-state index < -0.39 is 24.7 Å². The Kier molecular flexibility index (Phi) is 5.02. The fourth-order valence-corrected chi connectivity index (χ4v) is 2.15. The molecule has 0 aromatic rings. The maximum absolute atomic E-state index is 12.2. The summed E-state index contributed by atoms with van der Waals surface area (Å²) in [5.74, 6) is -0.849. The molecule has 0 radical (unpaired) electrons. The minimum Gasteiger partial charge on any atom is -0.481 e. The molecule has 1 rings (SSSR count). The van der Waals surface area contributed by atoms with E-state index in [0.717, 1.165) is 7.05 Å². The maximum Gasteiger partial charge on any atom is 0.406 e. The predicted molar refractivity (Wildman–Crippen MR) is 60.6 cm³/mol. The van der Waals surface area contributed by atoms with Gasteiger partial charge >= 0.3 is 18.2 Å². The molecule has 1 N–H and O–H groups in total. The summed E-state index contributed by atoms with van der Waals surface area (Å²) in [6.07, 6.45) is -3.31. The number of carboxylic acids is 1. The number of halogens is 3. The van der Waals surface area contributed by atoms with Crippen LogP contribution in [0.25, 0.3) is 0 Å². The van der Waals surface area contributed by atoms with Crippen molar-refractivity contribution in [2.45, 2.75) is 25.4 Å². The molecule has 1 fully saturated rings. The Morgan fingerprint density at radius 1 is 1.42 bits per heavy atom. The van der Waals surface area contributed by atoms with E-state index in [-0.39, 0.29) is 12.3 Å². The highest BCUT2D eigenvalue weighted by atomic mass is 19.4. The first-order valence-electron chi connectivity index (χ1n) is 5.97. The summed E-state index contributed by atoms with van der Waals surface area (Å²) < 4.78 is 36.5. The van der Waals surface area contributed by atoms with Crippen molar-refractivity contribution in [1.82, 2.24) is 9.80 Å². The number of nitrogens with zero attached hydrogens (tertiary/aromatic N) is 2. The molecule has 1 atom stereocenters. The molecule has 8 heteroatoms. The summed E-state index contributed by atoms with van der Waals surface area (Å²) in [5, 5.41) is 8.55. The van der Waals surface area contributed by atoms with E-state index in [1.54, 1.807) is 0 Å². The smallest absolute Gasteiger partial charge is 0.406 e. The quantitative estimate of drug-likeness (QED) is 0.855. The van der Waals surface area contributed by atoms with Gasteiger partial charge in [-0.25, -0.2) is 4.79 Å². The lowest BCUT2D eigenvalue weighted by Crippen LogP contribution is -2.43. The molecule has 5 nitrogen and oxygen atoms in total. The SMILES string of the molecule is CN(CC(F)(F)F)C(=O)N1CCC(CCC(=O)O)C1. The first-order valence-corrected chi connectivity index (χ1v) is 5.97. The summed E-state index contributed by atoms with van der Waals surface area (Å²) in [6.45, 7) is -0.568. The van der Waals surface area contributed by atoms with Crippen LogP contribution in [-0.2, 0) is 4.79 Å². The highest BCUT2D eigenvalue weighted by molar-refractivity contribution is 5.74. The minimum atomic E-state index is -4.41. The Morgan fingerprint density at radius 3 is 2.58 bits per heavy atom. The number of urea groups is 1. The average molecular weight is 282 g/mol. The van der Waals surface area contributed by atoms with E-state index in [1.807, 2.05) is 0 Å². The van der Waals surface area contributed by atoms with Gasteiger partial charge < -0.3 is 14.9 Å². The monoisotopic (exact) mass is 282 g/mol. The van der Waals surface area contributed by atoms with E-state index >= 15 is 0 Å². The van der Waals surface area contributed by atoms with Crippen LogP contribution in [0.15, 0.2) is 0 Å².